The van der Waals surface area contributed by atoms with Crippen molar-refractivity contribution in [2.75, 3.05) is 18.9 Å². The van der Waals surface area contributed by atoms with Crippen LogP contribution in [0, 0.1) is 0 Å². The highest BCUT2D eigenvalue weighted by Gasteiger charge is 2.23. The quantitative estimate of drug-likeness (QED) is 0.710. The van der Waals surface area contributed by atoms with Crippen LogP contribution >= 0.6 is 11.6 Å². The van der Waals surface area contributed by atoms with Crippen molar-refractivity contribution >= 4 is 23.5 Å². The molecule has 1 N–H and O–H groups in total. The number of carbonyl (C=O) groups excluding carboxylic acids is 1. The molecule has 2 aromatic carbocycles. The summed E-state index contributed by atoms with van der Waals surface area (Å²) in [7, 11) is 1.82. The Kier molecular flexibility index (Phi) is 5.26. The third-order valence-corrected chi connectivity index (χ3v) is 5.22. The van der Waals surface area contributed by atoms with Gasteiger partial charge in [0.1, 0.15) is 0 Å². The van der Waals surface area contributed by atoms with Gasteiger partial charge in [0.15, 0.2) is 0 Å². The molecule has 142 valence electrons. The molecule has 6 heteroatoms. The van der Waals surface area contributed by atoms with E-state index in [0.29, 0.717) is 29.6 Å². The van der Waals surface area contributed by atoms with Gasteiger partial charge < -0.3 is 10.2 Å². The number of rotatable bonds is 4. The van der Waals surface area contributed by atoms with Gasteiger partial charge in [-0.3, -0.25) is 4.79 Å². The zero-order valence-corrected chi connectivity index (χ0v) is 16.4. The number of piperidine rings is 1. The zero-order valence-electron chi connectivity index (χ0n) is 15.6. The van der Waals surface area contributed by atoms with E-state index in [0.717, 1.165) is 23.1 Å². The van der Waals surface area contributed by atoms with E-state index in [1.807, 2.05) is 37.4 Å². The number of carbonyl (C=O) groups is 1. The maximum atomic E-state index is 11.7. The summed E-state index contributed by atoms with van der Waals surface area (Å²) in [6, 6.07) is 18.5. The SMILES string of the molecule is CN1CC(Nc2ncc(Cl)c(-c3cccc(-c4ccccc4)c3)n2)CCC1=O. The fourth-order valence-electron chi connectivity index (χ4n) is 3.43. The van der Waals surface area contributed by atoms with Crippen molar-refractivity contribution in [3.8, 4) is 22.4 Å². The van der Waals surface area contributed by atoms with Crippen molar-refractivity contribution in [2.45, 2.75) is 18.9 Å². The van der Waals surface area contributed by atoms with Crippen LogP contribution in [-0.4, -0.2) is 40.4 Å². The normalized spacial score (nSPS) is 16.9. The van der Waals surface area contributed by atoms with Crippen molar-refractivity contribution in [3.63, 3.8) is 0 Å². The number of anilines is 1. The fourth-order valence-corrected chi connectivity index (χ4v) is 3.63. The smallest absolute Gasteiger partial charge is 0.223 e. The van der Waals surface area contributed by atoms with Gasteiger partial charge in [0.25, 0.3) is 0 Å². The lowest BCUT2D eigenvalue weighted by Crippen LogP contribution is -2.43. The van der Waals surface area contributed by atoms with Crippen LogP contribution in [0.25, 0.3) is 22.4 Å². The van der Waals surface area contributed by atoms with E-state index in [9.17, 15) is 4.79 Å². The summed E-state index contributed by atoms with van der Waals surface area (Å²) in [5.74, 6) is 0.700. The van der Waals surface area contributed by atoms with E-state index in [-0.39, 0.29) is 11.9 Å². The number of amides is 1. The summed E-state index contributed by atoms with van der Waals surface area (Å²) in [5.41, 5.74) is 3.88. The first-order chi connectivity index (χ1) is 13.6. The van der Waals surface area contributed by atoms with Crippen LogP contribution in [-0.2, 0) is 4.79 Å². The number of halogens is 1. The second kappa shape index (κ2) is 7.98. The summed E-state index contributed by atoms with van der Waals surface area (Å²) in [5, 5.41) is 3.85. The van der Waals surface area contributed by atoms with Crippen molar-refractivity contribution in [2.24, 2.45) is 0 Å². The fraction of sp³-hybridized carbons (Fsp3) is 0.227. The lowest BCUT2D eigenvalue weighted by atomic mass is 10.0. The topological polar surface area (TPSA) is 58.1 Å². The molecule has 0 saturated carbocycles. The highest BCUT2D eigenvalue weighted by Crippen LogP contribution is 2.30. The number of nitrogens with one attached hydrogen (secondary N) is 1. The molecule has 1 amide bonds. The molecule has 3 aromatic rings. The highest BCUT2D eigenvalue weighted by molar-refractivity contribution is 6.32. The molecular formula is C22H21ClN4O. The minimum atomic E-state index is 0.132. The number of aromatic nitrogens is 2. The molecule has 1 fully saturated rings. The molecule has 0 bridgehead atoms. The number of hydrogen-bond donors (Lipinski definition) is 1. The first-order valence-corrected chi connectivity index (χ1v) is 9.67. The van der Waals surface area contributed by atoms with Crippen molar-refractivity contribution in [1.82, 2.24) is 14.9 Å². The van der Waals surface area contributed by atoms with Crippen LogP contribution in [0.15, 0.2) is 60.8 Å². The average molecular weight is 393 g/mol. The van der Waals surface area contributed by atoms with E-state index >= 15 is 0 Å². The monoisotopic (exact) mass is 392 g/mol. The van der Waals surface area contributed by atoms with Crippen molar-refractivity contribution in [1.29, 1.82) is 0 Å². The van der Waals surface area contributed by atoms with Gasteiger partial charge >= 0.3 is 0 Å². The van der Waals surface area contributed by atoms with Crippen LogP contribution in [0.2, 0.25) is 5.02 Å². The molecule has 5 nitrogen and oxygen atoms in total. The number of likely N-dealkylation sites (N-methyl/N-ethyl adjacent to an activating group) is 1. The van der Waals surface area contributed by atoms with Gasteiger partial charge in [-0.05, 0) is 23.6 Å². The molecule has 0 aliphatic carbocycles. The van der Waals surface area contributed by atoms with E-state index in [1.54, 1.807) is 11.1 Å². The number of benzene rings is 2. The Morgan fingerprint density at radius 2 is 1.82 bits per heavy atom. The summed E-state index contributed by atoms with van der Waals surface area (Å²) in [6.07, 6.45) is 2.93. The van der Waals surface area contributed by atoms with E-state index in [2.05, 4.69) is 39.6 Å². The van der Waals surface area contributed by atoms with Crippen molar-refractivity contribution < 1.29 is 4.79 Å². The van der Waals surface area contributed by atoms with Gasteiger partial charge in [-0.15, -0.1) is 0 Å². The lowest BCUT2D eigenvalue weighted by Gasteiger charge is -2.30. The number of likely N-dealkylation sites (tertiary alicyclic amines) is 1. The predicted octanol–water partition coefficient (Wildman–Crippen LogP) is 4.50. The van der Waals surface area contributed by atoms with Gasteiger partial charge in [0.05, 0.1) is 16.9 Å². The van der Waals surface area contributed by atoms with Gasteiger partial charge in [-0.2, -0.15) is 0 Å². The molecule has 1 aliphatic heterocycles. The largest absolute Gasteiger partial charge is 0.350 e. The first-order valence-electron chi connectivity index (χ1n) is 9.29. The Balaban J connectivity index is 1.60. The molecule has 1 aromatic heterocycles. The third kappa shape index (κ3) is 3.99. The summed E-state index contributed by atoms with van der Waals surface area (Å²) in [4.78, 5) is 22.4. The second-order valence-corrected chi connectivity index (χ2v) is 7.40. The molecule has 1 saturated heterocycles. The van der Waals surface area contributed by atoms with Crippen LogP contribution < -0.4 is 5.32 Å². The summed E-state index contributed by atoms with van der Waals surface area (Å²) < 4.78 is 0. The minimum Gasteiger partial charge on any atom is -0.350 e. The molecular weight excluding hydrogens is 372 g/mol. The molecule has 2 heterocycles. The Morgan fingerprint density at radius 3 is 2.61 bits per heavy atom. The van der Waals surface area contributed by atoms with E-state index in [4.69, 9.17) is 11.6 Å². The standard InChI is InChI=1S/C22H21ClN4O/c1-27-14-18(10-11-20(27)28)25-22-24-13-19(23)21(26-22)17-9-5-8-16(12-17)15-6-3-2-4-7-15/h2-9,12-13,18H,10-11,14H2,1H3,(H,24,25,26). The van der Waals surface area contributed by atoms with Gasteiger partial charge in [-0.25, -0.2) is 9.97 Å². The number of hydrogen-bond acceptors (Lipinski definition) is 4. The zero-order chi connectivity index (χ0) is 19.5. The van der Waals surface area contributed by atoms with Crippen molar-refractivity contribution in [3.05, 3.63) is 65.8 Å². The molecule has 4 rings (SSSR count). The molecule has 0 radical (unpaired) electrons. The van der Waals surface area contributed by atoms with E-state index < -0.39 is 0 Å². The summed E-state index contributed by atoms with van der Waals surface area (Å²) in [6.45, 7) is 0.643. The molecule has 1 aliphatic rings. The minimum absolute atomic E-state index is 0.132. The Morgan fingerprint density at radius 1 is 1.07 bits per heavy atom. The molecule has 0 spiro atoms. The number of nitrogens with zero attached hydrogens (tertiary/aromatic N) is 3. The Labute approximate surface area is 169 Å². The van der Waals surface area contributed by atoms with Crippen LogP contribution in [0.4, 0.5) is 5.95 Å². The van der Waals surface area contributed by atoms with Crippen LogP contribution in [0.3, 0.4) is 0 Å². The van der Waals surface area contributed by atoms with Gasteiger partial charge in [0.2, 0.25) is 11.9 Å². The van der Waals surface area contributed by atoms with Gasteiger partial charge in [0, 0.05) is 31.6 Å². The first kappa shape index (κ1) is 18.4. The lowest BCUT2D eigenvalue weighted by molar-refractivity contribution is -0.132. The maximum Gasteiger partial charge on any atom is 0.223 e. The van der Waals surface area contributed by atoms with Gasteiger partial charge in [-0.1, -0.05) is 60.1 Å². The molecule has 1 unspecified atom stereocenters. The summed E-state index contributed by atoms with van der Waals surface area (Å²) >= 11 is 6.41. The van der Waals surface area contributed by atoms with Crippen LogP contribution in [0.1, 0.15) is 12.8 Å². The maximum absolute atomic E-state index is 11.7. The molecule has 1 atom stereocenters. The van der Waals surface area contributed by atoms with Crippen LogP contribution in [0.5, 0.6) is 0 Å². The molecule has 28 heavy (non-hydrogen) atoms. The Hall–Kier alpha value is -2.92. The van der Waals surface area contributed by atoms with E-state index in [1.165, 1.54) is 0 Å². The third-order valence-electron chi connectivity index (χ3n) is 4.95. The average Bonchev–Trinajstić information content (AvgIpc) is 2.73. The second-order valence-electron chi connectivity index (χ2n) is 6.99. The highest BCUT2D eigenvalue weighted by atomic mass is 35.5. The Bertz CT molecular complexity index is 993. The predicted molar refractivity (Wildman–Crippen MR) is 112 cm³/mol.